The summed E-state index contributed by atoms with van der Waals surface area (Å²) in [6, 6.07) is 0. The molecular formula is C18H23NO3S. The van der Waals surface area contributed by atoms with Crippen LogP contribution >= 0.6 is 11.3 Å². The first-order valence-electron chi connectivity index (χ1n) is 8.71. The molecule has 0 aromatic carbocycles. The van der Waals surface area contributed by atoms with E-state index >= 15 is 0 Å². The van der Waals surface area contributed by atoms with Crippen molar-refractivity contribution in [1.29, 1.82) is 0 Å². The average molecular weight is 333 g/mol. The maximum absolute atomic E-state index is 12.7. The molecule has 1 amide bonds. The molecule has 0 aliphatic heterocycles. The first kappa shape index (κ1) is 15.2. The third kappa shape index (κ3) is 2.59. The molecule has 0 radical (unpaired) electrons. The first-order valence-corrected chi connectivity index (χ1v) is 9.52. The zero-order valence-electron chi connectivity index (χ0n) is 13.5. The molecule has 2 fully saturated rings. The smallest absolute Gasteiger partial charge is 0.341 e. The summed E-state index contributed by atoms with van der Waals surface area (Å²) >= 11 is 1.58. The third-order valence-corrected chi connectivity index (χ3v) is 7.08. The molecule has 2 bridgehead atoms. The molecule has 124 valence electrons. The van der Waals surface area contributed by atoms with Crippen molar-refractivity contribution in [1.82, 2.24) is 0 Å². The second-order valence-electron chi connectivity index (χ2n) is 7.18. The SMILES string of the molecule is COC(=O)c1c(NC(=O)[C@H]2C[C@H]3CC[C@H]2C3)sc2c1CCCC2. The van der Waals surface area contributed by atoms with Crippen molar-refractivity contribution < 1.29 is 14.3 Å². The van der Waals surface area contributed by atoms with Gasteiger partial charge in [0.2, 0.25) is 5.91 Å². The second-order valence-corrected chi connectivity index (χ2v) is 8.28. The van der Waals surface area contributed by atoms with Gasteiger partial charge in [0.25, 0.3) is 0 Å². The lowest BCUT2D eigenvalue weighted by Gasteiger charge is -2.20. The van der Waals surface area contributed by atoms with Crippen LogP contribution in [0.2, 0.25) is 0 Å². The Kier molecular flexibility index (Phi) is 3.92. The highest BCUT2D eigenvalue weighted by Gasteiger charge is 2.43. The van der Waals surface area contributed by atoms with Gasteiger partial charge in [-0.25, -0.2) is 4.79 Å². The predicted octanol–water partition coefficient (Wildman–Crippen LogP) is 3.79. The molecule has 1 aromatic heterocycles. The quantitative estimate of drug-likeness (QED) is 0.856. The van der Waals surface area contributed by atoms with Gasteiger partial charge in [0, 0.05) is 10.8 Å². The van der Waals surface area contributed by atoms with Gasteiger partial charge in [0.05, 0.1) is 12.7 Å². The Hall–Kier alpha value is -1.36. The van der Waals surface area contributed by atoms with Crippen LogP contribution in [0.15, 0.2) is 0 Å². The summed E-state index contributed by atoms with van der Waals surface area (Å²) in [5.74, 6) is 1.23. The number of hydrogen-bond acceptors (Lipinski definition) is 4. The Bertz CT molecular complexity index is 651. The van der Waals surface area contributed by atoms with Crippen LogP contribution in [0.1, 0.15) is 59.3 Å². The molecule has 3 atom stereocenters. The van der Waals surface area contributed by atoms with E-state index in [9.17, 15) is 9.59 Å². The van der Waals surface area contributed by atoms with Crippen molar-refractivity contribution in [2.75, 3.05) is 12.4 Å². The van der Waals surface area contributed by atoms with Crippen molar-refractivity contribution in [2.45, 2.75) is 51.4 Å². The number of rotatable bonds is 3. The molecule has 1 heterocycles. The van der Waals surface area contributed by atoms with Gasteiger partial charge in [0.15, 0.2) is 0 Å². The fourth-order valence-electron chi connectivity index (χ4n) is 4.74. The highest BCUT2D eigenvalue weighted by atomic mass is 32.1. The number of nitrogens with one attached hydrogen (secondary N) is 1. The van der Waals surface area contributed by atoms with Crippen molar-refractivity contribution in [3.8, 4) is 0 Å². The van der Waals surface area contributed by atoms with Crippen molar-refractivity contribution in [3.05, 3.63) is 16.0 Å². The summed E-state index contributed by atoms with van der Waals surface area (Å²) in [6.45, 7) is 0. The van der Waals surface area contributed by atoms with Gasteiger partial charge in [-0.2, -0.15) is 0 Å². The summed E-state index contributed by atoms with van der Waals surface area (Å²) in [5.41, 5.74) is 1.72. The lowest BCUT2D eigenvalue weighted by atomic mass is 9.88. The predicted molar refractivity (Wildman–Crippen MR) is 89.9 cm³/mol. The summed E-state index contributed by atoms with van der Waals surface area (Å²) in [7, 11) is 1.41. The average Bonchev–Trinajstić information content (AvgIpc) is 3.27. The minimum Gasteiger partial charge on any atom is -0.465 e. The van der Waals surface area contributed by atoms with Crippen LogP contribution in [0, 0.1) is 17.8 Å². The number of hydrogen-bond donors (Lipinski definition) is 1. The summed E-state index contributed by atoms with van der Waals surface area (Å²) in [5, 5.41) is 3.81. The normalized spacial score (nSPS) is 28.5. The van der Waals surface area contributed by atoms with Gasteiger partial charge in [-0.1, -0.05) is 6.42 Å². The van der Waals surface area contributed by atoms with Gasteiger partial charge < -0.3 is 10.1 Å². The van der Waals surface area contributed by atoms with Crippen LogP contribution in [0.3, 0.4) is 0 Å². The maximum atomic E-state index is 12.7. The zero-order valence-corrected chi connectivity index (χ0v) is 14.3. The molecule has 3 aliphatic carbocycles. The van der Waals surface area contributed by atoms with Crippen LogP contribution in [-0.4, -0.2) is 19.0 Å². The largest absolute Gasteiger partial charge is 0.465 e. The van der Waals surface area contributed by atoms with Gasteiger partial charge in [0.1, 0.15) is 5.00 Å². The van der Waals surface area contributed by atoms with E-state index in [0.717, 1.165) is 48.6 Å². The lowest BCUT2D eigenvalue weighted by molar-refractivity contribution is -0.121. The Balaban J connectivity index is 1.59. The van der Waals surface area contributed by atoms with Crippen LogP contribution < -0.4 is 5.32 Å². The fraction of sp³-hybridized carbons (Fsp3) is 0.667. The molecule has 0 saturated heterocycles. The van der Waals surface area contributed by atoms with Gasteiger partial charge in [-0.15, -0.1) is 11.3 Å². The number of aryl methyl sites for hydroxylation is 1. The van der Waals surface area contributed by atoms with Crippen molar-refractivity contribution in [2.24, 2.45) is 17.8 Å². The second kappa shape index (κ2) is 5.93. The number of amides is 1. The lowest BCUT2D eigenvalue weighted by Crippen LogP contribution is -2.27. The standard InChI is InChI=1S/C18H23NO3S/c1-22-18(21)15-12-4-2-3-5-14(12)23-17(15)19-16(20)13-9-10-6-7-11(13)8-10/h10-11,13H,2-9H2,1H3,(H,19,20)/t10-,11-,13-/m0/s1. The number of ether oxygens (including phenoxy) is 1. The molecule has 5 heteroatoms. The molecule has 0 spiro atoms. The molecule has 3 aliphatic rings. The Morgan fingerprint density at radius 3 is 2.70 bits per heavy atom. The zero-order chi connectivity index (χ0) is 16.0. The van der Waals surface area contributed by atoms with Gasteiger partial charge in [-0.05, 0) is 62.3 Å². The van der Waals surface area contributed by atoms with Gasteiger partial charge >= 0.3 is 5.97 Å². The van der Waals surface area contributed by atoms with Gasteiger partial charge in [-0.3, -0.25) is 4.79 Å². The van der Waals surface area contributed by atoms with E-state index in [1.807, 2.05) is 0 Å². The minimum absolute atomic E-state index is 0.112. The van der Waals surface area contributed by atoms with E-state index in [0.29, 0.717) is 11.5 Å². The monoisotopic (exact) mass is 333 g/mol. The third-order valence-electron chi connectivity index (χ3n) is 5.87. The fourth-order valence-corrected chi connectivity index (χ4v) is 6.02. The molecular weight excluding hydrogens is 310 g/mol. The Morgan fingerprint density at radius 2 is 2.00 bits per heavy atom. The highest BCUT2D eigenvalue weighted by molar-refractivity contribution is 7.17. The maximum Gasteiger partial charge on any atom is 0.341 e. The molecule has 23 heavy (non-hydrogen) atoms. The molecule has 4 rings (SSSR count). The summed E-state index contributed by atoms with van der Waals surface area (Å²) in [6.07, 6.45) is 8.90. The Morgan fingerprint density at radius 1 is 1.17 bits per heavy atom. The number of thiophene rings is 1. The van der Waals surface area contributed by atoms with E-state index < -0.39 is 0 Å². The van der Waals surface area contributed by atoms with E-state index in [1.165, 1.54) is 31.2 Å². The Labute approximate surface area is 140 Å². The summed E-state index contributed by atoms with van der Waals surface area (Å²) in [4.78, 5) is 26.2. The first-order chi connectivity index (χ1) is 11.2. The molecule has 2 saturated carbocycles. The number of fused-ring (bicyclic) bond motifs is 3. The topological polar surface area (TPSA) is 55.4 Å². The number of carbonyl (C=O) groups excluding carboxylic acids is 2. The molecule has 1 N–H and O–H groups in total. The molecule has 4 nitrogen and oxygen atoms in total. The summed E-state index contributed by atoms with van der Waals surface area (Å²) < 4.78 is 4.97. The van der Waals surface area contributed by atoms with Crippen molar-refractivity contribution in [3.63, 3.8) is 0 Å². The van der Waals surface area contributed by atoms with E-state index in [-0.39, 0.29) is 17.8 Å². The highest BCUT2D eigenvalue weighted by Crippen LogP contribution is 2.49. The number of anilines is 1. The number of esters is 1. The van der Waals surface area contributed by atoms with E-state index in [4.69, 9.17) is 4.74 Å². The van der Waals surface area contributed by atoms with Crippen molar-refractivity contribution >= 4 is 28.2 Å². The number of carbonyl (C=O) groups is 2. The van der Waals surface area contributed by atoms with Crippen LogP contribution in [0.25, 0.3) is 0 Å². The minimum atomic E-state index is -0.312. The molecule has 1 aromatic rings. The van der Waals surface area contributed by atoms with Crippen LogP contribution in [0.5, 0.6) is 0 Å². The number of methoxy groups -OCH3 is 1. The van der Waals surface area contributed by atoms with Crippen LogP contribution in [-0.2, 0) is 22.4 Å². The van der Waals surface area contributed by atoms with Crippen LogP contribution in [0.4, 0.5) is 5.00 Å². The van der Waals surface area contributed by atoms with E-state index in [1.54, 1.807) is 11.3 Å². The van der Waals surface area contributed by atoms with E-state index in [2.05, 4.69) is 5.32 Å². The molecule has 0 unspecified atom stereocenters.